The van der Waals surface area contributed by atoms with Crippen LogP contribution in [0.2, 0.25) is 0 Å². The maximum atomic E-state index is 10.3. The van der Waals surface area contributed by atoms with E-state index in [4.69, 9.17) is 14.4 Å². The molecule has 1 heterocycles. The first-order valence-corrected chi connectivity index (χ1v) is 6.28. The van der Waals surface area contributed by atoms with Gasteiger partial charge in [0, 0.05) is 10.9 Å². The Morgan fingerprint density at radius 2 is 2.11 bits per heavy atom. The Morgan fingerprint density at radius 1 is 1.37 bits per heavy atom. The highest BCUT2D eigenvalue weighted by Crippen LogP contribution is 2.13. The van der Waals surface area contributed by atoms with Crippen LogP contribution in [-0.4, -0.2) is 27.8 Å². The Hall–Kier alpha value is -1.73. The number of carboxylic acids is 1. The van der Waals surface area contributed by atoms with Crippen LogP contribution in [0.15, 0.2) is 33.3 Å². The van der Waals surface area contributed by atoms with Crippen molar-refractivity contribution in [3.05, 3.63) is 46.0 Å². The second-order valence-electron chi connectivity index (χ2n) is 3.79. The molecule has 0 bridgehead atoms. The van der Waals surface area contributed by atoms with Crippen LogP contribution in [-0.2, 0) is 22.6 Å². The normalized spacial score (nSPS) is 10.6. The van der Waals surface area contributed by atoms with E-state index in [2.05, 4.69) is 26.1 Å². The van der Waals surface area contributed by atoms with Gasteiger partial charge >= 0.3 is 5.97 Å². The number of nitrogens with zero attached hydrogens (tertiary/aromatic N) is 2. The standard InChI is InChI=1S/C12H11BrN2O4/c13-9-3-1-8(2-4-9)5-10-14-11(19-15-10)6-18-7-12(16)17/h1-4H,5-7H2,(H,16,17). The molecule has 2 rings (SSSR count). The highest BCUT2D eigenvalue weighted by atomic mass is 79.9. The number of carboxylic acid groups (broad SMARTS) is 1. The van der Waals surface area contributed by atoms with Gasteiger partial charge in [-0.3, -0.25) is 0 Å². The molecule has 0 aliphatic rings. The highest BCUT2D eigenvalue weighted by Gasteiger charge is 2.08. The molecule has 7 heteroatoms. The fourth-order valence-electron chi connectivity index (χ4n) is 1.43. The number of aromatic nitrogens is 2. The smallest absolute Gasteiger partial charge is 0.329 e. The molecule has 0 radical (unpaired) electrons. The fraction of sp³-hybridized carbons (Fsp3) is 0.250. The number of carbonyl (C=O) groups is 1. The average Bonchev–Trinajstić information content (AvgIpc) is 2.79. The largest absolute Gasteiger partial charge is 0.480 e. The Morgan fingerprint density at radius 3 is 2.79 bits per heavy atom. The number of ether oxygens (including phenoxy) is 1. The molecule has 19 heavy (non-hydrogen) atoms. The third-order valence-corrected chi connectivity index (χ3v) is 2.77. The summed E-state index contributed by atoms with van der Waals surface area (Å²) in [5.74, 6) is -0.223. The van der Waals surface area contributed by atoms with Crippen LogP contribution in [0.4, 0.5) is 0 Å². The number of halogens is 1. The van der Waals surface area contributed by atoms with Crippen LogP contribution in [0, 0.1) is 0 Å². The summed E-state index contributed by atoms with van der Waals surface area (Å²) < 4.78 is 10.8. The molecular formula is C12H11BrN2O4. The van der Waals surface area contributed by atoms with Gasteiger partial charge in [-0.25, -0.2) is 4.79 Å². The molecule has 0 amide bonds. The Balaban J connectivity index is 1.90. The van der Waals surface area contributed by atoms with E-state index in [0.717, 1.165) is 10.0 Å². The Labute approximate surface area is 117 Å². The van der Waals surface area contributed by atoms with Crippen LogP contribution in [0.25, 0.3) is 0 Å². The van der Waals surface area contributed by atoms with Gasteiger partial charge in [-0.1, -0.05) is 33.2 Å². The van der Waals surface area contributed by atoms with Gasteiger partial charge in [0.25, 0.3) is 5.89 Å². The van der Waals surface area contributed by atoms with E-state index < -0.39 is 5.97 Å². The molecule has 1 aromatic carbocycles. The predicted molar refractivity (Wildman–Crippen MR) is 68.5 cm³/mol. The first kappa shape index (κ1) is 13.7. The van der Waals surface area contributed by atoms with Crippen molar-refractivity contribution < 1.29 is 19.2 Å². The summed E-state index contributed by atoms with van der Waals surface area (Å²) in [6.45, 7) is -0.385. The van der Waals surface area contributed by atoms with E-state index in [0.29, 0.717) is 12.2 Å². The van der Waals surface area contributed by atoms with Crippen molar-refractivity contribution in [2.24, 2.45) is 0 Å². The Kier molecular flexibility index (Phi) is 4.64. The van der Waals surface area contributed by atoms with E-state index >= 15 is 0 Å². The molecule has 1 aromatic heterocycles. The zero-order valence-electron chi connectivity index (χ0n) is 9.88. The van der Waals surface area contributed by atoms with Crippen molar-refractivity contribution in [1.29, 1.82) is 0 Å². The van der Waals surface area contributed by atoms with E-state index in [9.17, 15) is 4.79 Å². The van der Waals surface area contributed by atoms with E-state index in [1.165, 1.54) is 0 Å². The summed E-state index contributed by atoms with van der Waals surface area (Å²) in [4.78, 5) is 14.4. The summed E-state index contributed by atoms with van der Waals surface area (Å²) in [6, 6.07) is 7.79. The first-order chi connectivity index (χ1) is 9.13. The molecule has 2 aromatic rings. The number of rotatable bonds is 6. The molecule has 1 N–H and O–H groups in total. The first-order valence-electron chi connectivity index (χ1n) is 5.49. The molecular weight excluding hydrogens is 316 g/mol. The van der Waals surface area contributed by atoms with E-state index in [1.807, 2.05) is 24.3 Å². The second-order valence-corrected chi connectivity index (χ2v) is 4.71. The van der Waals surface area contributed by atoms with Gasteiger partial charge in [-0.15, -0.1) is 0 Å². The monoisotopic (exact) mass is 326 g/mol. The minimum absolute atomic E-state index is 0.000359. The summed E-state index contributed by atoms with van der Waals surface area (Å²) in [5.41, 5.74) is 1.06. The van der Waals surface area contributed by atoms with Gasteiger partial charge in [-0.05, 0) is 17.7 Å². The quantitative estimate of drug-likeness (QED) is 0.874. The lowest BCUT2D eigenvalue weighted by Gasteiger charge is -1.96. The minimum atomic E-state index is -1.03. The maximum absolute atomic E-state index is 10.3. The molecule has 0 saturated carbocycles. The van der Waals surface area contributed by atoms with E-state index in [-0.39, 0.29) is 19.1 Å². The summed E-state index contributed by atoms with van der Waals surface area (Å²) in [6.07, 6.45) is 0.551. The van der Waals surface area contributed by atoms with Gasteiger partial charge in [-0.2, -0.15) is 4.98 Å². The van der Waals surface area contributed by atoms with E-state index in [1.54, 1.807) is 0 Å². The molecule has 0 unspecified atom stereocenters. The van der Waals surface area contributed by atoms with Crippen LogP contribution >= 0.6 is 15.9 Å². The number of benzene rings is 1. The van der Waals surface area contributed by atoms with Crippen LogP contribution in [0.1, 0.15) is 17.3 Å². The van der Waals surface area contributed by atoms with Gasteiger partial charge < -0.3 is 14.4 Å². The Bertz CT molecular complexity index is 553. The van der Waals surface area contributed by atoms with Crippen molar-refractivity contribution in [3.63, 3.8) is 0 Å². The highest BCUT2D eigenvalue weighted by molar-refractivity contribution is 9.10. The zero-order valence-corrected chi connectivity index (χ0v) is 11.5. The number of aliphatic carboxylic acids is 1. The van der Waals surface area contributed by atoms with Crippen molar-refractivity contribution in [2.45, 2.75) is 13.0 Å². The number of hydrogen-bond acceptors (Lipinski definition) is 5. The van der Waals surface area contributed by atoms with Crippen LogP contribution < -0.4 is 0 Å². The third-order valence-electron chi connectivity index (χ3n) is 2.24. The summed E-state index contributed by atoms with van der Waals surface area (Å²) in [7, 11) is 0. The van der Waals surface area contributed by atoms with Crippen molar-refractivity contribution >= 4 is 21.9 Å². The molecule has 0 saturated heterocycles. The van der Waals surface area contributed by atoms with Crippen LogP contribution in [0.5, 0.6) is 0 Å². The van der Waals surface area contributed by atoms with Crippen LogP contribution in [0.3, 0.4) is 0 Å². The molecule has 100 valence electrons. The molecule has 0 aliphatic heterocycles. The lowest BCUT2D eigenvalue weighted by molar-refractivity contribution is -0.142. The third kappa shape index (κ3) is 4.46. The minimum Gasteiger partial charge on any atom is -0.480 e. The maximum Gasteiger partial charge on any atom is 0.329 e. The molecule has 0 spiro atoms. The van der Waals surface area contributed by atoms with Crippen molar-refractivity contribution in [1.82, 2.24) is 10.1 Å². The average molecular weight is 327 g/mol. The summed E-state index contributed by atoms with van der Waals surface area (Å²) in [5, 5.41) is 12.2. The SMILES string of the molecule is O=C(O)COCc1nc(Cc2ccc(Br)cc2)no1. The van der Waals surface area contributed by atoms with Gasteiger partial charge in [0.1, 0.15) is 13.2 Å². The molecule has 0 aliphatic carbocycles. The predicted octanol–water partition coefficient (Wildman–Crippen LogP) is 2.02. The van der Waals surface area contributed by atoms with Gasteiger partial charge in [0.15, 0.2) is 5.82 Å². The zero-order chi connectivity index (χ0) is 13.7. The number of hydrogen-bond donors (Lipinski definition) is 1. The second kappa shape index (κ2) is 6.44. The van der Waals surface area contributed by atoms with Crippen molar-refractivity contribution in [3.8, 4) is 0 Å². The van der Waals surface area contributed by atoms with Gasteiger partial charge in [0.2, 0.25) is 0 Å². The topological polar surface area (TPSA) is 85.5 Å². The fourth-order valence-corrected chi connectivity index (χ4v) is 1.70. The molecule has 0 fully saturated rings. The van der Waals surface area contributed by atoms with Gasteiger partial charge in [0.05, 0.1) is 0 Å². The molecule has 6 nitrogen and oxygen atoms in total. The molecule has 0 atom stereocenters. The lowest BCUT2D eigenvalue weighted by Crippen LogP contribution is -2.06. The lowest BCUT2D eigenvalue weighted by atomic mass is 10.1. The van der Waals surface area contributed by atoms with Crippen molar-refractivity contribution in [2.75, 3.05) is 6.61 Å². The summed E-state index contributed by atoms with van der Waals surface area (Å²) >= 11 is 3.36.